The maximum Gasteiger partial charge on any atom is 0.0422 e. The summed E-state index contributed by atoms with van der Waals surface area (Å²) in [5, 5.41) is 0. The van der Waals surface area contributed by atoms with E-state index in [1.807, 2.05) is 37.3 Å². The monoisotopic (exact) mass is 265 g/mol. The van der Waals surface area contributed by atoms with E-state index in [0.717, 1.165) is 35.4 Å². The van der Waals surface area contributed by atoms with Crippen molar-refractivity contribution in [2.75, 3.05) is 5.73 Å². The number of nitrogen functional groups attached to an aromatic ring is 1. The first-order chi connectivity index (χ1) is 7.98. The molecule has 98 valence electrons. The molecule has 1 aromatic rings. The van der Waals surface area contributed by atoms with Crippen LogP contribution in [0.2, 0.25) is 0 Å². The molecule has 18 heavy (non-hydrogen) atoms. The Labute approximate surface area is 114 Å². The molecule has 0 saturated heterocycles. The van der Waals surface area contributed by atoms with E-state index < -0.39 is 0 Å². The predicted octanol–water partition coefficient (Wildman–Crippen LogP) is 2.12. The molecule has 0 aromatic heterocycles. The largest absolute Gasteiger partial charge is 0.399 e. The minimum atomic E-state index is -0.346. The third kappa shape index (κ3) is 3.28. The van der Waals surface area contributed by atoms with E-state index in [2.05, 4.69) is 6.07 Å². The van der Waals surface area contributed by atoms with Gasteiger partial charge in [0.15, 0.2) is 0 Å². The van der Waals surface area contributed by atoms with Crippen LogP contribution < -0.4 is 17.2 Å². The molecule has 0 heterocycles. The molecule has 0 spiro atoms. The first kappa shape index (κ1) is 14.6. The zero-order valence-electron chi connectivity index (χ0n) is 10.5. The standard InChI is InChI=1S/C14H19N3.ClH/c1-10-8-14(17,6-5-13(10)16)9-11-3-2-4-12(15)7-11;/h2-7H,8-9,15-17H2,1H3;1H. The third-order valence-corrected chi connectivity index (χ3v) is 3.17. The van der Waals surface area contributed by atoms with Crippen LogP contribution in [0.1, 0.15) is 18.9 Å². The third-order valence-electron chi connectivity index (χ3n) is 3.17. The van der Waals surface area contributed by atoms with E-state index in [-0.39, 0.29) is 17.9 Å². The number of anilines is 1. The zero-order valence-corrected chi connectivity index (χ0v) is 11.3. The Morgan fingerprint density at radius 3 is 2.61 bits per heavy atom. The van der Waals surface area contributed by atoms with Gasteiger partial charge in [-0.05, 0) is 49.1 Å². The van der Waals surface area contributed by atoms with Crippen molar-refractivity contribution in [1.29, 1.82) is 0 Å². The van der Waals surface area contributed by atoms with Gasteiger partial charge in [-0.1, -0.05) is 18.2 Å². The first-order valence-electron chi connectivity index (χ1n) is 5.76. The van der Waals surface area contributed by atoms with Crippen LogP contribution in [-0.2, 0) is 6.42 Å². The van der Waals surface area contributed by atoms with Crippen molar-refractivity contribution in [2.45, 2.75) is 25.3 Å². The van der Waals surface area contributed by atoms with Crippen LogP contribution in [0.5, 0.6) is 0 Å². The van der Waals surface area contributed by atoms with Crippen LogP contribution in [-0.4, -0.2) is 5.54 Å². The number of halogens is 1. The van der Waals surface area contributed by atoms with Crippen LogP contribution in [0.25, 0.3) is 0 Å². The summed E-state index contributed by atoms with van der Waals surface area (Å²) in [5.41, 5.74) is 21.5. The molecule has 4 heteroatoms. The first-order valence-corrected chi connectivity index (χ1v) is 5.76. The van der Waals surface area contributed by atoms with Crippen molar-refractivity contribution in [3.05, 3.63) is 53.3 Å². The van der Waals surface area contributed by atoms with Gasteiger partial charge in [0.25, 0.3) is 0 Å². The average molecular weight is 266 g/mol. The quantitative estimate of drug-likeness (QED) is 0.717. The summed E-state index contributed by atoms with van der Waals surface area (Å²) in [7, 11) is 0. The summed E-state index contributed by atoms with van der Waals surface area (Å²) in [6.07, 6.45) is 5.48. The average Bonchev–Trinajstić information content (AvgIpc) is 2.24. The summed E-state index contributed by atoms with van der Waals surface area (Å²) < 4.78 is 0. The van der Waals surface area contributed by atoms with Crippen molar-refractivity contribution in [3.8, 4) is 0 Å². The van der Waals surface area contributed by atoms with Gasteiger partial charge >= 0.3 is 0 Å². The fourth-order valence-electron chi connectivity index (χ4n) is 2.26. The van der Waals surface area contributed by atoms with Crippen molar-refractivity contribution < 1.29 is 0 Å². The fourth-order valence-corrected chi connectivity index (χ4v) is 2.26. The van der Waals surface area contributed by atoms with E-state index in [1.165, 1.54) is 0 Å². The number of nitrogens with two attached hydrogens (primary N) is 3. The van der Waals surface area contributed by atoms with E-state index in [0.29, 0.717) is 0 Å². The molecule has 6 N–H and O–H groups in total. The van der Waals surface area contributed by atoms with Crippen molar-refractivity contribution in [3.63, 3.8) is 0 Å². The molecule has 0 amide bonds. The number of hydrogen-bond donors (Lipinski definition) is 3. The van der Waals surface area contributed by atoms with Crippen LogP contribution in [0.4, 0.5) is 5.69 Å². The molecular formula is C14H20ClN3. The van der Waals surface area contributed by atoms with E-state index in [9.17, 15) is 0 Å². The lowest BCUT2D eigenvalue weighted by atomic mass is 9.82. The molecule has 3 nitrogen and oxygen atoms in total. The highest BCUT2D eigenvalue weighted by molar-refractivity contribution is 5.85. The molecule has 0 saturated carbocycles. The van der Waals surface area contributed by atoms with Crippen molar-refractivity contribution in [2.24, 2.45) is 11.5 Å². The normalized spacial score (nSPS) is 22.8. The summed E-state index contributed by atoms with van der Waals surface area (Å²) >= 11 is 0. The topological polar surface area (TPSA) is 78.1 Å². The molecule has 2 rings (SSSR count). The van der Waals surface area contributed by atoms with Gasteiger partial charge < -0.3 is 17.2 Å². The predicted molar refractivity (Wildman–Crippen MR) is 79.4 cm³/mol. The molecule has 0 radical (unpaired) electrons. The molecule has 1 aliphatic rings. The van der Waals surface area contributed by atoms with Crippen LogP contribution >= 0.6 is 12.4 Å². The molecule has 0 aliphatic heterocycles. The van der Waals surface area contributed by atoms with Crippen molar-refractivity contribution in [1.82, 2.24) is 0 Å². The molecule has 0 fully saturated rings. The minimum Gasteiger partial charge on any atom is -0.399 e. The Bertz CT molecular complexity index is 494. The summed E-state index contributed by atoms with van der Waals surface area (Å²) in [6, 6.07) is 7.86. The number of hydrogen-bond acceptors (Lipinski definition) is 3. The van der Waals surface area contributed by atoms with Gasteiger partial charge in [-0.15, -0.1) is 12.4 Å². The Morgan fingerprint density at radius 2 is 2.00 bits per heavy atom. The summed E-state index contributed by atoms with van der Waals surface area (Å²) in [6.45, 7) is 2.03. The lowest BCUT2D eigenvalue weighted by Gasteiger charge is -2.30. The Kier molecular flexibility index (Phi) is 4.43. The van der Waals surface area contributed by atoms with Crippen LogP contribution in [0.3, 0.4) is 0 Å². The van der Waals surface area contributed by atoms with Gasteiger partial charge in [-0.2, -0.15) is 0 Å². The molecule has 1 atom stereocenters. The minimum absolute atomic E-state index is 0. The summed E-state index contributed by atoms with van der Waals surface area (Å²) in [5.74, 6) is 0. The van der Waals surface area contributed by atoms with Gasteiger partial charge in [-0.3, -0.25) is 0 Å². The SMILES string of the molecule is CC1=C(N)C=CC(N)(Cc2cccc(N)c2)C1.Cl. The molecular weight excluding hydrogens is 246 g/mol. The van der Waals surface area contributed by atoms with Crippen molar-refractivity contribution >= 4 is 18.1 Å². The van der Waals surface area contributed by atoms with E-state index in [1.54, 1.807) is 0 Å². The molecule has 1 aromatic carbocycles. The molecule has 0 bridgehead atoms. The second-order valence-corrected chi connectivity index (χ2v) is 4.90. The Hall–Kier alpha value is -1.45. The maximum absolute atomic E-state index is 6.38. The van der Waals surface area contributed by atoms with Gasteiger partial charge in [0.2, 0.25) is 0 Å². The second-order valence-electron chi connectivity index (χ2n) is 4.90. The van der Waals surface area contributed by atoms with E-state index >= 15 is 0 Å². The fraction of sp³-hybridized carbons (Fsp3) is 0.286. The highest BCUT2D eigenvalue weighted by Gasteiger charge is 2.26. The lowest BCUT2D eigenvalue weighted by molar-refractivity contribution is 0.511. The molecule has 1 aliphatic carbocycles. The zero-order chi connectivity index (χ0) is 12.5. The highest BCUT2D eigenvalue weighted by atomic mass is 35.5. The van der Waals surface area contributed by atoms with Crippen LogP contribution in [0.15, 0.2) is 47.7 Å². The van der Waals surface area contributed by atoms with Crippen LogP contribution in [0, 0.1) is 0 Å². The lowest BCUT2D eigenvalue weighted by Crippen LogP contribution is -2.42. The van der Waals surface area contributed by atoms with Gasteiger partial charge in [0, 0.05) is 16.9 Å². The molecule has 1 unspecified atom stereocenters. The maximum atomic E-state index is 6.38. The summed E-state index contributed by atoms with van der Waals surface area (Å²) in [4.78, 5) is 0. The van der Waals surface area contributed by atoms with Gasteiger partial charge in [-0.25, -0.2) is 0 Å². The highest BCUT2D eigenvalue weighted by Crippen LogP contribution is 2.26. The smallest absolute Gasteiger partial charge is 0.0422 e. The number of rotatable bonds is 2. The van der Waals surface area contributed by atoms with E-state index in [4.69, 9.17) is 17.2 Å². The number of benzene rings is 1. The van der Waals surface area contributed by atoms with Gasteiger partial charge in [0.1, 0.15) is 0 Å². The Balaban J connectivity index is 0.00000162. The number of allylic oxidation sites excluding steroid dienone is 1. The Morgan fingerprint density at radius 1 is 1.28 bits per heavy atom. The van der Waals surface area contributed by atoms with Gasteiger partial charge in [0.05, 0.1) is 0 Å². The second kappa shape index (κ2) is 5.46.